The Bertz CT molecular complexity index is 1140. The van der Waals surface area contributed by atoms with Crippen molar-refractivity contribution in [1.82, 2.24) is 10.1 Å². The van der Waals surface area contributed by atoms with Crippen LogP contribution in [0.3, 0.4) is 0 Å². The van der Waals surface area contributed by atoms with Crippen LogP contribution in [0.4, 0.5) is 19.1 Å². The van der Waals surface area contributed by atoms with E-state index in [4.69, 9.17) is 14.4 Å². The van der Waals surface area contributed by atoms with Crippen molar-refractivity contribution in [3.63, 3.8) is 0 Å². The first-order chi connectivity index (χ1) is 18.0. The molecule has 2 aromatic carbocycles. The molecule has 1 aliphatic rings. The Hall–Kier alpha value is -3.56. The number of carbonyl (C=O) groups is 1. The van der Waals surface area contributed by atoms with Crippen LogP contribution in [-0.2, 0) is 17.5 Å². The first-order valence-electron chi connectivity index (χ1n) is 12.7. The Kier molecular flexibility index (Phi) is 9.77. The number of carboxylic acid groups (broad SMARTS) is 1. The average Bonchev–Trinajstić information content (AvgIpc) is 3.30. The Morgan fingerprint density at radius 1 is 1.11 bits per heavy atom. The highest BCUT2D eigenvalue weighted by molar-refractivity contribution is 5.76. The van der Waals surface area contributed by atoms with Gasteiger partial charge >= 0.3 is 12.1 Å². The molecule has 0 amide bonds. The zero-order chi connectivity index (χ0) is 27.8. The van der Waals surface area contributed by atoms with Crippen LogP contribution in [0.15, 0.2) is 59.1 Å². The highest BCUT2D eigenvalue weighted by Gasteiger charge is 2.31. The van der Waals surface area contributed by atoms with E-state index < -0.39 is 23.3 Å². The minimum Gasteiger partial charge on any atom is -0.478 e. The molecule has 1 saturated carbocycles. The van der Waals surface area contributed by atoms with E-state index in [1.54, 1.807) is 24.3 Å². The Balaban J connectivity index is 0.000000260. The van der Waals surface area contributed by atoms with Gasteiger partial charge in [0.05, 0.1) is 5.56 Å². The highest BCUT2D eigenvalue weighted by Crippen LogP contribution is 2.36. The maximum atomic E-state index is 12.7. The lowest BCUT2D eigenvalue weighted by Crippen LogP contribution is -2.37. The third-order valence-corrected chi connectivity index (χ3v) is 6.24. The minimum absolute atomic E-state index is 0.361. The fourth-order valence-corrected chi connectivity index (χ4v) is 3.62. The number of anilines is 1. The van der Waals surface area contributed by atoms with E-state index in [2.05, 4.69) is 17.1 Å². The lowest BCUT2D eigenvalue weighted by molar-refractivity contribution is -0.152. The number of hydrogen-bond donors (Lipinski definition) is 1. The van der Waals surface area contributed by atoms with E-state index in [1.165, 1.54) is 32.4 Å². The second-order valence-electron chi connectivity index (χ2n) is 9.76. The number of benzene rings is 2. The molecule has 1 fully saturated rings. The van der Waals surface area contributed by atoms with E-state index in [-0.39, 0.29) is 0 Å². The van der Waals surface area contributed by atoms with Crippen LogP contribution in [-0.4, -0.2) is 33.4 Å². The van der Waals surface area contributed by atoms with Crippen LogP contribution in [0.1, 0.15) is 75.8 Å². The summed E-state index contributed by atoms with van der Waals surface area (Å²) in [4.78, 5) is 17.2. The second-order valence-corrected chi connectivity index (χ2v) is 9.76. The zero-order valence-corrected chi connectivity index (χ0v) is 21.9. The predicted octanol–water partition coefficient (Wildman–Crippen LogP) is 7.09. The number of aliphatic carboxylic acids is 1. The normalized spacial score (nSPS) is 13.7. The quantitative estimate of drug-likeness (QED) is 0.298. The largest absolute Gasteiger partial charge is 0.478 e. The molecule has 0 unspecified atom stereocenters. The number of para-hydroxylation sites is 1. The molecule has 1 aliphatic carbocycles. The fraction of sp³-hybridized carbons (Fsp3) is 0.464. The summed E-state index contributed by atoms with van der Waals surface area (Å²) in [6.07, 6.45) is 0.995. The summed E-state index contributed by atoms with van der Waals surface area (Å²) in [7, 11) is 0. The van der Waals surface area contributed by atoms with Crippen molar-refractivity contribution in [2.75, 3.05) is 11.4 Å². The topological polar surface area (TPSA) is 88.7 Å². The van der Waals surface area contributed by atoms with Gasteiger partial charge in [0, 0.05) is 19.0 Å². The number of rotatable bonds is 10. The molecule has 0 aliphatic heterocycles. The lowest BCUT2D eigenvalue weighted by Gasteiger charge is -2.22. The van der Waals surface area contributed by atoms with Gasteiger partial charge in [-0.2, -0.15) is 18.2 Å². The molecule has 10 heteroatoms. The average molecular weight is 534 g/mol. The molecule has 4 rings (SSSR count). The van der Waals surface area contributed by atoms with Gasteiger partial charge in [0.2, 0.25) is 5.89 Å². The van der Waals surface area contributed by atoms with Gasteiger partial charge in [-0.1, -0.05) is 50.1 Å². The van der Waals surface area contributed by atoms with Crippen molar-refractivity contribution >= 4 is 11.9 Å². The molecule has 206 valence electrons. The summed E-state index contributed by atoms with van der Waals surface area (Å²) in [5.41, 5.74) is -1.02. The van der Waals surface area contributed by atoms with Crippen LogP contribution in [0.2, 0.25) is 0 Å². The monoisotopic (exact) mass is 533 g/mol. The van der Waals surface area contributed by atoms with Crippen molar-refractivity contribution < 1.29 is 32.3 Å². The van der Waals surface area contributed by atoms with Crippen LogP contribution in [0.25, 0.3) is 0 Å². The Morgan fingerprint density at radius 3 is 2.29 bits per heavy atom. The van der Waals surface area contributed by atoms with Gasteiger partial charge in [0.15, 0.2) is 5.60 Å². The molecular weight excluding hydrogens is 499 g/mol. The molecule has 0 spiro atoms. The van der Waals surface area contributed by atoms with Gasteiger partial charge in [-0.3, -0.25) is 0 Å². The van der Waals surface area contributed by atoms with Gasteiger partial charge in [0.1, 0.15) is 5.75 Å². The number of unbranched alkanes of at least 4 members (excludes halogenated alkanes) is 1. The van der Waals surface area contributed by atoms with Gasteiger partial charge in [-0.15, -0.1) is 0 Å². The number of ether oxygens (including phenoxy) is 1. The highest BCUT2D eigenvalue weighted by atomic mass is 19.4. The van der Waals surface area contributed by atoms with Crippen LogP contribution < -0.4 is 9.64 Å². The molecule has 0 atom stereocenters. The van der Waals surface area contributed by atoms with E-state index in [0.717, 1.165) is 49.9 Å². The van der Waals surface area contributed by atoms with Gasteiger partial charge in [0.25, 0.3) is 5.95 Å². The number of aromatic nitrogens is 2. The molecule has 0 radical (unpaired) electrons. The van der Waals surface area contributed by atoms with Crippen LogP contribution in [0.5, 0.6) is 5.75 Å². The maximum Gasteiger partial charge on any atom is 0.416 e. The molecule has 3 aromatic rings. The summed E-state index contributed by atoms with van der Waals surface area (Å²) < 4.78 is 48.7. The molecule has 38 heavy (non-hydrogen) atoms. The standard InChI is InChI=1S/C18H22F3N3O.C10H12O3/c1-2-3-11-24(17-22-16(25-23-17)14-5-4-6-14)12-13-7-9-15(10-8-13)18(19,20)21;1-10(2,9(11)12)13-8-6-4-3-5-7-8/h7-10,14H,2-6,11-12H2,1H3;3-7H,1-2H3,(H,11,12). The molecule has 0 bridgehead atoms. The molecular formula is C28H34F3N3O4. The maximum absolute atomic E-state index is 12.7. The van der Waals surface area contributed by atoms with Crippen molar-refractivity contribution in [1.29, 1.82) is 0 Å². The van der Waals surface area contributed by atoms with Gasteiger partial charge in [-0.25, -0.2) is 4.79 Å². The van der Waals surface area contributed by atoms with E-state index >= 15 is 0 Å². The van der Waals surface area contributed by atoms with Crippen LogP contribution >= 0.6 is 0 Å². The second kappa shape index (κ2) is 12.8. The molecule has 1 N–H and O–H groups in total. The first kappa shape index (κ1) is 29.0. The fourth-order valence-electron chi connectivity index (χ4n) is 3.62. The van der Waals surface area contributed by atoms with Crippen molar-refractivity contribution in [3.8, 4) is 5.75 Å². The Labute approximate surface area is 220 Å². The zero-order valence-electron chi connectivity index (χ0n) is 21.9. The predicted molar refractivity (Wildman–Crippen MR) is 137 cm³/mol. The van der Waals surface area contributed by atoms with Crippen molar-refractivity contribution in [2.45, 2.75) is 77.1 Å². The number of halogens is 3. The molecule has 1 aromatic heterocycles. The summed E-state index contributed by atoms with van der Waals surface area (Å²) in [5.74, 6) is 1.15. The SMILES string of the molecule is CC(C)(Oc1ccccc1)C(=O)O.CCCCN(Cc1ccc(C(F)(F)F)cc1)c1noc(C2CCC2)n1. The number of hydrogen-bond acceptors (Lipinski definition) is 6. The molecule has 1 heterocycles. The molecule has 0 saturated heterocycles. The van der Waals surface area contributed by atoms with E-state index in [9.17, 15) is 18.0 Å². The van der Waals surface area contributed by atoms with Crippen LogP contribution in [0, 0.1) is 0 Å². The smallest absolute Gasteiger partial charge is 0.416 e. The number of carboxylic acids is 1. The summed E-state index contributed by atoms with van der Waals surface area (Å²) >= 11 is 0. The van der Waals surface area contributed by atoms with Gasteiger partial charge in [-0.05, 0) is 68.1 Å². The lowest BCUT2D eigenvalue weighted by atomic mass is 9.85. The number of nitrogens with zero attached hydrogens (tertiary/aromatic N) is 3. The molecule has 7 nitrogen and oxygen atoms in total. The van der Waals surface area contributed by atoms with Crippen molar-refractivity contribution in [2.24, 2.45) is 0 Å². The van der Waals surface area contributed by atoms with Gasteiger partial charge < -0.3 is 19.3 Å². The summed E-state index contributed by atoms with van der Waals surface area (Å²) in [6.45, 7) is 6.32. The van der Waals surface area contributed by atoms with E-state index in [1.807, 2.05) is 11.0 Å². The van der Waals surface area contributed by atoms with E-state index in [0.29, 0.717) is 30.1 Å². The Morgan fingerprint density at radius 2 is 1.76 bits per heavy atom. The minimum atomic E-state index is -4.31. The third-order valence-electron chi connectivity index (χ3n) is 6.24. The number of alkyl halides is 3. The summed E-state index contributed by atoms with van der Waals surface area (Å²) in [5, 5.41) is 12.9. The third kappa shape index (κ3) is 8.22. The summed E-state index contributed by atoms with van der Waals surface area (Å²) in [6, 6.07) is 14.1. The van der Waals surface area contributed by atoms with Crippen molar-refractivity contribution in [3.05, 3.63) is 71.6 Å². The first-order valence-corrected chi connectivity index (χ1v) is 12.7.